The molecule has 8 heteroatoms. The first-order valence-corrected chi connectivity index (χ1v) is 10.7. The molecule has 0 aliphatic carbocycles. The normalized spacial score (nSPS) is 17.8. The number of nitrogens with one attached hydrogen (secondary N) is 1. The fraction of sp³-hybridized carbons (Fsp3) is 0.571. The average molecular weight is 439 g/mol. The molecule has 1 aliphatic heterocycles. The first kappa shape index (κ1) is 22.2. The highest BCUT2D eigenvalue weighted by atomic mass is 35.5. The zero-order chi connectivity index (χ0) is 21.2. The smallest absolute Gasteiger partial charge is 0.212 e. The molecule has 158 valence electrons. The molecule has 1 saturated heterocycles. The minimum atomic E-state index is -0.234. The van der Waals surface area contributed by atoms with Crippen LogP contribution >= 0.6 is 23.2 Å². The molecule has 2 heterocycles. The van der Waals surface area contributed by atoms with Crippen LogP contribution in [0, 0.1) is 5.41 Å². The van der Waals surface area contributed by atoms with Crippen molar-refractivity contribution in [2.45, 2.75) is 46.2 Å². The van der Waals surface area contributed by atoms with E-state index in [1.54, 1.807) is 6.07 Å². The molecule has 1 aliphatic rings. The summed E-state index contributed by atoms with van der Waals surface area (Å²) in [6, 6.07) is 5.47. The van der Waals surface area contributed by atoms with Gasteiger partial charge in [0.2, 0.25) is 5.82 Å². The zero-order valence-electron chi connectivity index (χ0n) is 17.7. The third kappa shape index (κ3) is 5.00. The topological polar surface area (TPSA) is 57.3 Å². The highest BCUT2D eigenvalue weighted by Gasteiger charge is 2.41. The van der Waals surface area contributed by atoms with Gasteiger partial charge >= 0.3 is 0 Å². The number of hydrogen-bond acceptors (Lipinski definition) is 4. The molecule has 3 rings (SSSR count). The average Bonchev–Trinajstić information content (AvgIpc) is 3.13. The molecule has 0 bridgehead atoms. The molecule has 0 amide bonds. The predicted molar refractivity (Wildman–Crippen MR) is 116 cm³/mol. The van der Waals surface area contributed by atoms with Crippen molar-refractivity contribution in [3.05, 3.63) is 45.7 Å². The Morgan fingerprint density at radius 1 is 1.14 bits per heavy atom. The monoisotopic (exact) mass is 438 g/mol. The van der Waals surface area contributed by atoms with Gasteiger partial charge < -0.3 is 9.64 Å². The number of allylic oxidation sites excluding steroid dienone is 1. The molecule has 29 heavy (non-hydrogen) atoms. The molecule has 6 nitrogen and oxygen atoms in total. The van der Waals surface area contributed by atoms with E-state index in [1.807, 2.05) is 22.9 Å². The molecule has 0 unspecified atom stereocenters. The number of rotatable bonds is 5. The second-order valence-electron chi connectivity index (χ2n) is 9.12. The van der Waals surface area contributed by atoms with E-state index >= 15 is 0 Å². The largest absolute Gasteiger partial charge is 0.370 e. The Morgan fingerprint density at radius 3 is 2.45 bits per heavy atom. The Morgan fingerprint density at radius 2 is 1.83 bits per heavy atom. The van der Waals surface area contributed by atoms with Crippen molar-refractivity contribution in [3.63, 3.8) is 0 Å². The quantitative estimate of drug-likeness (QED) is 0.776. The Hall–Kier alpha value is -1.47. The van der Waals surface area contributed by atoms with Gasteiger partial charge in [0.15, 0.2) is 5.54 Å². The maximum Gasteiger partial charge on any atom is 0.212 e. The lowest BCUT2D eigenvalue weighted by Crippen LogP contribution is -3.19. The minimum absolute atomic E-state index is 0.0426. The number of tetrazole rings is 1. The summed E-state index contributed by atoms with van der Waals surface area (Å²) < 4.78 is 7.50. The van der Waals surface area contributed by atoms with Crippen molar-refractivity contribution in [2.24, 2.45) is 5.41 Å². The van der Waals surface area contributed by atoms with Crippen LogP contribution in [-0.2, 0) is 10.3 Å². The van der Waals surface area contributed by atoms with Crippen molar-refractivity contribution in [3.8, 4) is 0 Å². The Balaban J connectivity index is 1.97. The maximum absolute atomic E-state index is 6.36. The molecule has 2 aromatic rings. The van der Waals surface area contributed by atoms with Crippen molar-refractivity contribution < 1.29 is 9.64 Å². The number of quaternary nitrogens is 1. The van der Waals surface area contributed by atoms with Crippen LogP contribution in [0.4, 0.5) is 0 Å². The van der Waals surface area contributed by atoms with Gasteiger partial charge in [-0.3, -0.25) is 0 Å². The van der Waals surface area contributed by atoms with E-state index in [1.165, 1.54) is 4.90 Å². The molecule has 0 saturated carbocycles. The lowest BCUT2D eigenvalue weighted by Gasteiger charge is -2.38. The van der Waals surface area contributed by atoms with Gasteiger partial charge in [0.25, 0.3) is 0 Å². The highest BCUT2D eigenvalue weighted by molar-refractivity contribution is 6.35. The summed E-state index contributed by atoms with van der Waals surface area (Å²) in [5.41, 5.74) is 0.580. The first-order valence-electron chi connectivity index (χ1n) is 9.95. The summed E-state index contributed by atoms with van der Waals surface area (Å²) in [6.45, 7) is 14.4. The summed E-state index contributed by atoms with van der Waals surface area (Å²) >= 11 is 12.4. The van der Waals surface area contributed by atoms with Crippen molar-refractivity contribution in [1.29, 1.82) is 0 Å². The fourth-order valence-electron chi connectivity index (χ4n) is 3.76. The molecule has 1 aromatic carbocycles. The standard InChI is InChI=1S/C21H29Cl2N5O/c1-20(2,3)18(9-7-15-6-8-16(22)14-17(15)23)28-19(24-25-26-28)21(4,5)27-10-12-29-13-11-27/h6-9,14,18H,10-13H2,1-5H3/p+1/b9-7+/t18-/m1/s1. The van der Waals surface area contributed by atoms with E-state index in [9.17, 15) is 0 Å². The molecule has 1 N–H and O–H groups in total. The number of ether oxygens (including phenoxy) is 1. The minimum Gasteiger partial charge on any atom is -0.370 e. The van der Waals surface area contributed by atoms with Crippen molar-refractivity contribution >= 4 is 29.3 Å². The summed E-state index contributed by atoms with van der Waals surface area (Å²) in [5, 5.41) is 14.1. The van der Waals surface area contributed by atoms with Crippen LogP contribution in [0.2, 0.25) is 10.0 Å². The number of hydrogen-bond donors (Lipinski definition) is 1. The second kappa shape index (κ2) is 8.72. The lowest BCUT2D eigenvalue weighted by molar-refractivity contribution is -0.964. The van der Waals surface area contributed by atoms with Gasteiger partial charge in [-0.1, -0.05) is 62.2 Å². The van der Waals surface area contributed by atoms with Crippen LogP contribution in [0.5, 0.6) is 0 Å². The molecular formula is C21H30Cl2N5O+. The summed E-state index contributed by atoms with van der Waals surface area (Å²) in [6.07, 6.45) is 4.15. The molecule has 1 fully saturated rings. The molecule has 0 spiro atoms. The molecule has 1 atom stereocenters. The van der Waals surface area contributed by atoms with Crippen molar-refractivity contribution in [1.82, 2.24) is 20.2 Å². The van der Waals surface area contributed by atoms with Gasteiger partial charge in [-0.15, -0.1) is 5.10 Å². The van der Waals surface area contributed by atoms with Gasteiger partial charge in [-0.2, -0.15) is 0 Å². The third-order valence-corrected chi connectivity index (χ3v) is 6.17. The first-order chi connectivity index (χ1) is 13.6. The van der Waals surface area contributed by atoms with Crippen LogP contribution in [0.15, 0.2) is 24.3 Å². The third-order valence-electron chi connectivity index (χ3n) is 5.60. The Bertz CT molecular complexity index is 866. The van der Waals surface area contributed by atoms with Crippen LogP contribution in [-0.4, -0.2) is 46.5 Å². The SMILES string of the molecule is CC(C)(C)[C@@H](/C=C/c1ccc(Cl)cc1Cl)n1nnnc1C(C)(C)[NH+]1CCOCC1. The second-order valence-corrected chi connectivity index (χ2v) is 9.97. The Labute approximate surface area is 182 Å². The predicted octanol–water partition coefficient (Wildman–Crippen LogP) is 3.43. The summed E-state index contributed by atoms with van der Waals surface area (Å²) in [5.74, 6) is 0.876. The van der Waals surface area contributed by atoms with E-state index in [4.69, 9.17) is 27.9 Å². The van der Waals surface area contributed by atoms with Crippen LogP contribution in [0.1, 0.15) is 52.0 Å². The number of nitrogens with zero attached hydrogens (tertiary/aromatic N) is 4. The van der Waals surface area contributed by atoms with Gasteiger partial charge in [0.05, 0.1) is 19.3 Å². The number of morpholine rings is 1. The fourth-order valence-corrected chi connectivity index (χ4v) is 4.23. The van der Waals surface area contributed by atoms with E-state index < -0.39 is 0 Å². The number of aromatic nitrogens is 4. The molecule has 0 radical (unpaired) electrons. The van der Waals surface area contributed by atoms with E-state index in [2.05, 4.69) is 56.2 Å². The van der Waals surface area contributed by atoms with Crippen LogP contribution in [0.25, 0.3) is 6.08 Å². The Kier molecular flexibility index (Phi) is 6.68. The van der Waals surface area contributed by atoms with Crippen LogP contribution in [0.3, 0.4) is 0 Å². The van der Waals surface area contributed by atoms with Gasteiger partial charge in [0.1, 0.15) is 13.1 Å². The molecule has 1 aromatic heterocycles. The maximum atomic E-state index is 6.36. The zero-order valence-corrected chi connectivity index (χ0v) is 19.3. The summed E-state index contributed by atoms with van der Waals surface area (Å²) in [4.78, 5) is 1.43. The van der Waals surface area contributed by atoms with Gasteiger partial charge in [-0.25, -0.2) is 4.68 Å². The molecular weight excluding hydrogens is 409 g/mol. The van der Waals surface area contributed by atoms with Gasteiger partial charge in [-0.05, 0) is 47.4 Å². The van der Waals surface area contributed by atoms with Crippen molar-refractivity contribution in [2.75, 3.05) is 26.3 Å². The number of benzene rings is 1. The van der Waals surface area contributed by atoms with E-state index in [0.29, 0.717) is 10.0 Å². The van der Waals surface area contributed by atoms with Crippen LogP contribution < -0.4 is 4.90 Å². The summed E-state index contributed by atoms with van der Waals surface area (Å²) in [7, 11) is 0. The van der Waals surface area contributed by atoms with E-state index in [0.717, 1.165) is 37.7 Å². The number of halogens is 2. The highest BCUT2D eigenvalue weighted by Crippen LogP contribution is 2.34. The lowest BCUT2D eigenvalue weighted by atomic mass is 9.85. The van der Waals surface area contributed by atoms with E-state index in [-0.39, 0.29) is 17.0 Å². The van der Waals surface area contributed by atoms with Gasteiger partial charge in [0, 0.05) is 10.0 Å².